The van der Waals surface area contributed by atoms with Crippen LogP contribution in [0.2, 0.25) is 0 Å². The van der Waals surface area contributed by atoms with Gasteiger partial charge < -0.3 is 14.4 Å². The summed E-state index contributed by atoms with van der Waals surface area (Å²) in [4.78, 5) is 26.2. The zero-order chi connectivity index (χ0) is 18.7. The molecule has 5 nitrogen and oxygen atoms in total. The second-order valence-electron chi connectivity index (χ2n) is 7.60. The molecule has 0 aliphatic carbocycles. The van der Waals surface area contributed by atoms with E-state index in [4.69, 9.17) is 9.47 Å². The lowest BCUT2D eigenvalue weighted by Gasteiger charge is -2.33. The minimum absolute atomic E-state index is 0.114. The maximum Gasteiger partial charge on any atom is 0.410 e. The van der Waals surface area contributed by atoms with Crippen LogP contribution in [0.25, 0.3) is 0 Å². The van der Waals surface area contributed by atoms with E-state index < -0.39 is 5.60 Å². The SMILES string of the molecule is CCC1CCCC/C=C/CCCC(=O)OCCN1C(=O)OC(C)(C)C. The van der Waals surface area contributed by atoms with Crippen LogP contribution < -0.4 is 0 Å². The highest BCUT2D eigenvalue weighted by molar-refractivity contribution is 5.70. The van der Waals surface area contributed by atoms with Crippen molar-refractivity contribution in [1.82, 2.24) is 4.90 Å². The van der Waals surface area contributed by atoms with Crippen LogP contribution in [0.1, 0.15) is 79.1 Å². The first-order valence-electron chi connectivity index (χ1n) is 9.63. The fraction of sp³-hybridized carbons (Fsp3) is 0.800. The summed E-state index contributed by atoms with van der Waals surface area (Å²) in [5, 5.41) is 0. The Bertz CT molecular complexity index is 439. The quantitative estimate of drug-likeness (QED) is 0.500. The van der Waals surface area contributed by atoms with Crippen LogP contribution in [0.5, 0.6) is 0 Å². The van der Waals surface area contributed by atoms with Crippen LogP contribution >= 0.6 is 0 Å². The first-order chi connectivity index (χ1) is 11.8. The van der Waals surface area contributed by atoms with Crippen molar-refractivity contribution in [3.8, 4) is 0 Å². The molecule has 0 saturated carbocycles. The van der Waals surface area contributed by atoms with Gasteiger partial charge in [-0.2, -0.15) is 0 Å². The van der Waals surface area contributed by atoms with Gasteiger partial charge in [0.25, 0.3) is 0 Å². The molecule has 0 N–H and O–H groups in total. The number of carbonyl (C=O) groups is 2. The molecule has 1 amide bonds. The highest BCUT2D eigenvalue weighted by atomic mass is 16.6. The van der Waals surface area contributed by atoms with Crippen molar-refractivity contribution >= 4 is 12.1 Å². The van der Waals surface area contributed by atoms with Gasteiger partial charge in [-0.05, 0) is 59.3 Å². The molecular formula is C20H35NO4. The maximum atomic E-state index is 12.6. The number of cyclic esters (lactones) is 1. The van der Waals surface area contributed by atoms with Crippen molar-refractivity contribution in [2.45, 2.75) is 90.7 Å². The van der Waals surface area contributed by atoms with Crippen molar-refractivity contribution in [3.63, 3.8) is 0 Å². The molecule has 1 aliphatic rings. The Morgan fingerprint density at radius 2 is 1.92 bits per heavy atom. The van der Waals surface area contributed by atoms with E-state index in [2.05, 4.69) is 19.1 Å². The van der Waals surface area contributed by atoms with E-state index in [0.29, 0.717) is 13.0 Å². The molecule has 1 heterocycles. The number of carbonyl (C=O) groups excluding carboxylic acids is 2. The number of allylic oxidation sites excluding steroid dienone is 2. The van der Waals surface area contributed by atoms with Crippen molar-refractivity contribution < 1.29 is 19.1 Å². The topological polar surface area (TPSA) is 55.8 Å². The van der Waals surface area contributed by atoms with Crippen LogP contribution in [0, 0.1) is 0 Å². The summed E-state index contributed by atoms with van der Waals surface area (Å²) in [5.41, 5.74) is -0.534. The molecule has 144 valence electrons. The van der Waals surface area contributed by atoms with Crippen LogP contribution in [0.4, 0.5) is 4.79 Å². The van der Waals surface area contributed by atoms with Crippen molar-refractivity contribution in [3.05, 3.63) is 12.2 Å². The molecule has 5 heteroatoms. The van der Waals surface area contributed by atoms with Crippen molar-refractivity contribution in [2.75, 3.05) is 13.2 Å². The Morgan fingerprint density at radius 1 is 1.24 bits per heavy atom. The Labute approximate surface area is 152 Å². The van der Waals surface area contributed by atoms with Crippen molar-refractivity contribution in [1.29, 1.82) is 0 Å². The van der Waals surface area contributed by atoms with Gasteiger partial charge in [0, 0.05) is 12.5 Å². The highest BCUT2D eigenvalue weighted by Crippen LogP contribution is 2.18. The summed E-state index contributed by atoms with van der Waals surface area (Å²) >= 11 is 0. The molecule has 0 fully saturated rings. The van der Waals surface area contributed by atoms with E-state index in [9.17, 15) is 9.59 Å². The summed E-state index contributed by atoms with van der Waals surface area (Å²) in [6.45, 7) is 8.30. The number of amides is 1. The van der Waals surface area contributed by atoms with E-state index in [1.54, 1.807) is 4.90 Å². The lowest BCUT2D eigenvalue weighted by Crippen LogP contribution is -2.45. The van der Waals surface area contributed by atoms with Gasteiger partial charge in [-0.3, -0.25) is 4.79 Å². The molecule has 0 aromatic rings. The van der Waals surface area contributed by atoms with Gasteiger partial charge in [-0.1, -0.05) is 25.5 Å². The molecule has 25 heavy (non-hydrogen) atoms. The molecule has 0 bridgehead atoms. The second kappa shape index (κ2) is 11.2. The molecule has 1 aliphatic heterocycles. The third kappa shape index (κ3) is 9.51. The molecule has 0 spiro atoms. The third-order valence-electron chi connectivity index (χ3n) is 4.21. The Hall–Kier alpha value is -1.52. The Morgan fingerprint density at radius 3 is 2.56 bits per heavy atom. The predicted molar refractivity (Wildman–Crippen MR) is 99.4 cm³/mol. The normalized spacial score (nSPS) is 23.1. The molecule has 0 saturated heterocycles. The Kier molecular flexibility index (Phi) is 9.61. The standard InChI is InChI=1S/C20H35NO4/c1-5-17-13-11-9-7-6-8-10-12-14-18(22)24-16-15-21(17)19(23)25-20(2,3)4/h6,8,17H,5,7,9-16H2,1-4H3/b8-6+. The van der Waals surface area contributed by atoms with Crippen molar-refractivity contribution in [2.24, 2.45) is 0 Å². The number of hydrogen-bond acceptors (Lipinski definition) is 4. The summed E-state index contributed by atoms with van der Waals surface area (Å²) in [5.74, 6) is -0.194. The summed E-state index contributed by atoms with van der Waals surface area (Å²) in [7, 11) is 0. The lowest BCUT2D eigenvalue weighted by atomic mass is 10.0. The first kappa shape index (κ1) is 21.5. The molecule has 0 aromatic heterocycles. The largest absolute Gasteiger partial charge is 0.464 e. The summed E-state index contributed by atoms with van der Waals surface area (Å²) < 4.78 is 10.9. The molecule has 0 radical (unpaired) electrons. The predicted octanol–water partition coefficient (Wildman–Crippen LogP) is 4.85. The smallest absolute Gasteiger partial charge is 0.410 e. The molecule has 1 atom stereocenters. The average molecular weight is 354 g/mol. The number of nitrogens with zero attached hydrogens (tertiary/aromatic N) is 1. The van der Waals surface area contributed by atoms with Gasteiger partial charge in [-0.15, -0.1) is 0 Å². The lowest BCUT2D eigenvalue weighted by molar-refractivity contribution is -0.144. The van der Waals surface area contributed by atoms with Gasteiger partial charge in [0.2, 0.25) is 0 Å². The molecular weight excluding hydrogens is 318 g/mol. The van der Waals surface area contributed by atoms with E-state index in [0.717, 1.165) is 44.9 Å². The number of rotatable bonds is 1. The van der Waals surface area contributed by atoms with Gasteiger partial charge in [0.05, 0.1) is 6.54 Å². The zero-order valence-corrected chi connectivity index (χ0v) is 16.4. The van der Waals surface area contributed by atoms with Gasteiger partial charge >= 0.3 is 12.1 Å². The number of hydrogen-bond donors (Lipinski definition) is 0. The second-order valence-corrected chi connectivity index (χ2v) is 7.60. The monoisotopic (exact) mass is 353 g/mol. The van der Waals surface area contributed by atoms with Gasteiger partial charge in [0.1, 0.15) is 12.2 Å². The first-order valence-corrected chi connectivity index (χ1v) is 9.63. The number of ether oxygens (including phenoxy) is 2. The minimum atomic E-state index is -0.534. The van der Waals surface area contributed by atoms with E-state index >= 15 is 0 Å². The van der Waals surface area contributed by atoms with Gasteiger partial charge in [-0.25, -0.2) is 4.79 Å². The number of esters is 1. The summed E-state index contributed by atoms with van der Waals surface area (Å²) in [6, 6.07) is 0.114. The third-order valence-corrected chi connectivity index (χ3v) is 4.21. The van der Waals surface area contributed by atoms with Crippen LogP contribution in [0.3, 0.4) is 0 Å². The molecule has 1 unspecified atom stereocenters. The van der Waals surface area contributed by atoms with Crippen LogP contribution in [-0.4, -0.2) is 41.8 Å². The highest BCUT2D eigenvalue weighted by Gasteiger charge is 2.27. The maximum absolute atomic E-state index is 12.6. The molecule has 0 aromatic carbocycles. The van der Waals surface area contributed by atoms with E-state index in [1.165, 1.54) is 0 Å². The van der Waals surface area contributed by atoms with E-state index in [1.807, 2.05) is 20.8 Å². The Balaban J connectivity index is 2.78. The average Bonchev–Trinajstić information content (AvgIpc) is 2.52. The van der Waals surface area contributed by atoms with Crippen LogP contribution in [-0.2, 0) is 14.3 Å². The zero-order valence-electron chi connectivity index (χ0n) is 16.4. The van der Waals surface area contributed by atoms with E-state index in [-0.39, 0.29) is 24.7 Å². The summed E-state index contributed by atoms with van der Waals surface area (Å²) in [6.07, 6.45) is 11.2. The fourth-order valence-electron chi connectivity index (χ4n) is 2.90. The van der Waals surface area contributed by atoms with Gasteiger partial charge in [0.15, 0.2) is 0 Å². The molecule has 1 rings (SSSR count). The minimum Gasteiger partial charge on any atom is -0.464 e. The van der Waals surface area contributed by atoms with Crippen LogP contribution in [0.15, 0.2) is 12.2 Å². The fourth-order valence-corrected chi connectivity index (χ4v) is 2.90.